The normalized spacial score (nSPS) is 12.1. The minimum atomic E-state index is -4.59. The maximum Gasteiger partial charge on any atom is 0.417 e. The molecule has 0 saturated carbocycles. The van der Waals surface area contributed by atoms with Gasteiger partial charge in [0.15, 0.2) is 0 Å². The number of aryl methyl sites for hydroxylation is 1. The molecular weight excluding hydrogens is 305 g/mol. The summed E-state index contributed by atoms with van der Waals surface area (Å²) in [5.41, 5.74) is -1.36. The summed E-state index contributed by atoms with van der Waals surface area (Å²) in [6.45, 7) is 4.87. The van der Waals surface area contributed by atoms with Crippen molar-refractivity contribution in [3.63, 3.8) is 0 Å². The van der Waals surface area contributed by atoms with E-state index >= 15 is 0 Å². The number of hydrogen-bond acceptors (Lipinski definition) is 2. The molecule has 0 aliphatic rings. The van der Waals surface area contributed by atoms with Crippen LogP contribution in [0.3, 0.4) is 0 Å². The maximum absolute atomic E-state index is 13.2. The fourth-order valence-corrected chi connectivity index (χ4v) is 2.35. The SMILES string of the molecule is Cc1cccc(C(F)(F)F)c1C(=O)NC(C)(C)c1ccccn1. The highest BCUT2D eigenvalue weighted by Gasteiger charge is 2.37. The highest BCUT2D eigenvalue weighted by Crippen LogP contribution is 2.33. The molecule has 0 atom stereocenters. The Morgan fingerprint density at radius 1 is 1.09 bits per heavy atom. The first kappa shape index (κ1) is 17.0. The fraction of sp³-hybridized carbons (Fsp3) is 0.294. The molecule has 3 nitrogen and oxygen atoms in total. The topological polar surface area (TPSA) is 42.0 Å². The zero-order valence-electron chi connectivity index (χ0n) is 13.0. The number of alkyl halides is 3. The second kappa shape index (κ2) is 6.02. The van der Waals surface area contributed by atoms with Gasteiger partial charge in [0.1, 0.15) is 0 Å². The van der Waals surface area contributed by atoms with E-state index in [4.69, 9.17) is 0 Å². The summed E-state index contributed by atoms with van der Waals surface area (Å²) in [5.74, 6) is -0.772. The standard InChI is InChI=1S/C17H17F3N2O/c1-11-7-6-8-12(17(18,19)20)14(11)15(23)22-16(2,3)13-9-4-5-10-21-13/h4-10H,1-3H3,(H,22,23). The summed E-state index contributed by atoms with van der Waals surface area (Å²) >= 11 is 0. The average molecular weight is 322 g/mol. The van der Waals surface area contributed by atoms with Crippen LogP contribution in [0.5, 0.6) is 0 Å². The van der Waals surface area contributed by atoms with Crippen LogP contribution in [0, 0.1) is 6.92 Å². The van der Waals surface area contributed by atoms with Crippen molar-refractivity contribution in [2.24, 2.45) is 0 Å². The highest BCUT2D eigenvalue weighted by molar-refractivity contribution is 5.97. The van der Waals surface area contributed by atoms with Crippen LogP contribution in [-0.2, 0) is 11.7 Å². The van der Waals surface area contributed by atoms with Crippen molar-refractivity contribution in [3.05, 3.63) is 65.0 Å². The number of rotatable bonds is 3. The smallest absolute Gasteiger partial charge is 0.341 e. The van der Waals surface area contributed by atoms with Crippen LogP contribution in [0.4, 0.5) is 13.2 Å². The molecule has 0 unspecified atom stereocenters. The van der Waals surface area contributed by atoms with Crippen molar-refractivity contribution in [2.45, 2.75) is 32.5 Å². The molecule has 0 fully saturated rings. The lowest BCUT2D eigenvalue weighted by molar-refractivity contribution is -0.138. The summed E-state index contributed by atoms with van der Waals surface area (Å²) in [7, 11) is 0. The summed E-state index contributed by atoms with van der Waals surface area (Å²) in [6, 6.07) is 8.88. The van der Waals surface area contributed by atoms with Gasteiger partial charge in [0.2, 0.25) is 0 Å². The van der Waals surface area contributed by atoms with Gasteiger partial charge in [-0.05, 0) is 44.5 Å². The van der Waals surface area contributed by atoms with Gasteiger partial charge in [-0.25, -0.2) is 0 Å². The number of amides is 1. The number of pyridine rings is 1. The zero-order chi connectivity index (χ0) is 17.3. The van der Waals surface area contributed by atoms with Crippen LogP contribution < -0.4 is 5.32 Å². The Balaban J connectivity index is 2.39. The molecule has 1 aromatic carbocycles. The average Bonchev–Trinajstić information content (AvgIpc) is 2.46. The molecule has 0 spiro atoms. The molecule has 2 aromatic rings. The number of nitrogens with zero attached hydrogens (tertiary/aromatic N) is 1. The number of carbonyl (C=O) groups excluding carboxylic acids is 1. The first-order chi connectivity index (χ1) is 10.6. The lowest BCUT2D eigenvalue weighted by Crippen LogP contribution is -2.42. The van der Waals surface area contributed by atoms with Gasteiger partial charge in [-0.3, -0.25) is 9.78 Å². The molecule has 0 aliphatic carbocycles. The van der Waals surface area contributed by atoms with Crippen LogP contribution in [0.1, 0.15) is 41.0 Å². The van der Waals surface area contributed by atoms with E-state index < -0.39 is 23.2 Å². The third-order valence-corrected chi connectivity index (χ3v) is 3.54. The Hall–Kier alpha value is -2.37. The minimum absolute atomic E-state index is 0.272. The van der Waals surface area contributed by atoms with Crippen molar-refractivity contribution >= 4 is 5.91 Å². The molecule has 1 amide bonds. The van der Waals surface area contributed by atoms with Gasteiger partial charge in [0, 0.05) is 6.20 Å². The molecule has 122 valence electrons. The van der Waals surface area contributed by atoms with Gasteiger partial charge in [-0.1, -0.05) is 18.2 Å². The Bertz CT molecular complexity index is 710. The summed E-state index contributed by atoms with van der Waals surface area (Å²) in [6.07, 6.45) is -3.02. The quantitative estimate of drug-likeness (QED) is 0.925. The zero-order valence-corrected chi connectivity index (χ0v) is 13.0. The Labute approximate surface area is 132 Å². The Morgan fingerprint density at radius 3 is 2.35 bits per heavy atom. The number of aromatic nitrogens is 1. The van der Waals surface area contributed by atoms with E-state index in [9.17, 15) is 18.0 Å². The molecule has 1 aromatic heterocycles. The molecule has 0 aliphatic heterocycles. The molecule has 2 rings (SSSR count). The monoisotopic (exact) mass is 322 g/mol. The van der Waals surface area contributed by atoms with Crippen LogP contribution in [-0.4, -0.2) is 10.9 Å². The predicted octanol–water partition coefficient (Wildman–Crippen LogP) is 4.07. The van der Waals surface area contributed by atoms with Gasteiger partial charge in [-0.2, -0.15) is 13.2 Å². The molecule has 6 heteroatoms. The maximum atomic E-state index is 13.2. The van der Waals surface area contributed by atoms with E-state index in [1.54, 1.807) is 38.2 Å². The molecule has 1 N–H and O–H groups in total. The van der Waals surface area contributed by atoms with E-state index in [2.05, 4.69) is 10.3 Å². The van der Waals surface area contributed by atoms with Gasteiger partial charge in [0.05, 0.1) is 22.4 Å². The van der Waals surface area contributed by atoms with Crippen molar-refractivity contribution in [2.75, 3.05) is 0 Å². The molecule has 0 saturated heterocycles. The van der Waals surface area contributed by atoms with Crippen molar-refractivity contribution in [1.29, 1.82) is 0 Å². The van der Waals surface area contributed by atoms with E-state index in [1.807, 2.05) is 0 Å². The van der Waals surface area contributed by atoms with E-state index in [1.165, 1.54) is 19.1 Å². The number of halogens is 3. The first-order valence-electron chi connectivity index (χ1n) is 7.04. The number of benzene rings is 1. The van der Waals surface area contributed by atoms with Crippen LogP contribution in [0.15, 0.2) is 42.6 Å². The van der Waals surface area contributed by atoms with Crippen molar-refractivity contribution in [3.8, 4) is 0 Å². The summed E-state index contributed by atoms with van der Waals surface area (Å²) < 4.78 is 39.5. The third kappa shape index (κ3) is 3.70. The molecular formula is C17H17F3N2O. The van der Waals surface area contributed by atoms with Crippen LogP contribution >= 0.6 is 0 Å². The van der Waals surface area contributed by atoms with E-state index in [0.717, 1.165) is 6.07 Å². The van der Waals surface area contributed by atoms with E-state index in [-0.39, 0.29) is 11.1 Å². The lowest BCUT2D eigenvalue weighted by atomic mass is 9.96. The predicted molar refractivity (Wildman–Crippen MR) is 80.9 cm³/mol. The lowest BCUT2D eigenvalue weighted by Gasteiger charge is -2.27. The highest BCUT2D eigenvalue weighted by atomic mass is 19.4. The fourth-order valence-electron chi connectivity index (χ4n) is 2.35. The largest absolute Gasteiger partial charge is 0.417 e. The van der Waals surface area contributed by atoms with E-state index in [0.29, 0.717) is 5.69 Å². The second-order valence-corrected chi connectivity index (χ2v) is 5.79. The van der Waals surface area contributed by atoms with Gasteiger partial charge < -0.3 is 5.32 Å². The molecule has 1 heterocycles. The molecule has 0 radical (unpaired) electrons. The number of carbonyl (C=O) groups is 1. The molecule has 23 heavy (non-hydrogen) atoms. The van der Waals surface area contributed by atoms with Gasteiger partial charge >= 0.3 is 6.18 Å². The Kier molecular flexibility index (Phi) is 4.45. The number of nitrogens with one attached hydrogen (secondary N) is 1. The van der Waals surface area contributed by atoms with Crippen LogP contribution in [0.2, 0.25) is 0 Å². The van der Waals surface area contributed by atoms with Crippen molar-refractivity contribution in [1.82, 2.24) is 10.3 Å². The Morgan fingerprint density at radius 2 is 1.78 bits per heavy atom. The minimum Gasteiger partial charge on any atom is -0.341 e. The first-order valence-corrected chi connectivity index (χ1v) is 7.04. The summed E-state index contributed by atoms with van der Waals surface area (Å²) in [4.78, 5) is 16.6. The second-order valence-electron chi connectivity index (χ2n) is 5.79. The van der Waals surface area contributed by atoms with Gasteiger partial charge in [0.25, 0.3) is 5.91 Å². The van der Waals surface area contributed by atoms with Crippen molar-refractivity contribution < 1.29 is 18.0 Å². The van der Waals surface area contributed by atoms with Crippen LogP contribution in [0.25, 0.3) is 0 Å². The summed E-state index contributed by atoms with van der Waals surface area (Å²) in [5, 5.41) is 2.64. The molecule has 0 bridgehead atoms. The van der Waals surface area contributed by atoms with Gasteiger partial charge in [-0.15, -0.1) is 0 Å². The third-order valence-electron chi connectivity index (χ3n) is 3.54. The number of hydrogen-bond donors (Lipinski definition) is 1.